The van der Waals surface area contributed by atoms with Gasteiger partial charge in [0.25, 0.3) is 0 Å². The van der Waals surface area contributed by atoms with Crippen LogP contribution in [0.25, 0.3) is 0 Å². The first-order valence-corrected chi connectivity index (χ1v) is 5.64. The Morgan fingerprint density at radius 1 is 1.53 bits per heavy atom. The van der Waals surface area contributed by atoms with E-state index >= 15 is 0 Å². The fourth-order valence-electron chi connectivity index (χ4n) is 1.87. The quantitative estimate of drug-likeness (QED) is 0.858. The maximum atomic E-state index is 13.1. The Morgan fingerprint density at radius 3 is 2.65 bits per heavy atom. The first-order chi connectivity index (χ1) is 7.91. The third kappa shape index (κ3) is 2.75. The molecular formula is C13H18FNO2. The molecule has 0 saturated heterocycles. The number of halogens is 1. The van der Waals surface area contributed by atoms with Gasteiger partial charge in [0.05, 0.1) is 0 Å². The van der Waals surface area contributed by atoms with Crippen LogP contribution in [0.3, 0.4) is 0 Å². The van der Waals surface area contributed by atoms with Crippen LogP contribution in [0.15, 0.2) is 24.3 Å². The molecule has 0 saturated carbocycles. The summed E-state index contributed by atoms with van der Waals surface area (Å²) in [5.41, 5.74) is -0.439. The summed E-state index contributed by atoms with van der Waals surface area (Å²) >= 11 is 0. The molecule has 0 aliphatic heterocycles. The molecule has 0 aromatic heterocycles. The molecule has 0 amide bonds. The first kappa shape index (κ1) is 13.5. The zero-order valence-electron chi connectivity index (χ0n) is 10.4. The summed E-state index contributed by atoms with van der Waals surface area (Å²) in [4.78, 5) is 13.0. The van der Waals surface area contributed by atoms with E-state index in [9.17, 15) is 14.3 Å². The van der Waals surface area contributed by atoms with Crippen molar-refractivity contribution in [3.63, 3.8) is 0 Å². The smallest absolute Gasteiger partial charge is 0.329 e. The number of aliphatic carboxylic acids is 1. The molecule has 1 N–H and O–H groups in total. The molecule has 3 nitrogen and oxygen atoms in total. The van der Waals surface area contributed by atoms with Gasteiger partial charge in [-0.15, -0.1) is 0 Å². The van der Waals surface area contributed by atoms with Crippen LogP contribution in [0.4, 0.5) is 10.1 Å². The summed E-state index contributed by atoms with van der Waals surface area (Å²) in [6.07, 6.45) is 1.26. The van der Waals surface area contributed by atoms with Gasteiger partial charge in [-0.25, -0.2) is 9.18 Å². The van der Waals surface area contributed by atoms with Crippen molar-refractivity contribution < 1.29 is 14.3 Å². The number of benzene rings is 1. The summed E-state index contributed by atoms with van der Waals surface area (Å²) in [6.45, 7) is 3.59. The minimum atomic E-state index is -1.01. The van der Waals surface area contributed by atoms with Gasteiger partial charge in [0, 0.05) is 12.7 Å². The zero-order chi connectivity index (χ0) is 13.1. The Labute approximate surface area is 101 Å². The lowest BCUT2D eigenvalue weighted by Crippen LogP contribution is -2.50. The van der Waals surface area contributed by atoms with Crippen LogP contribution in [0.5, 0.6) is 0 Å². The summed E-state index contributed by atoms with van der Waals surface area (Å²) in [6, 6.07) is 5.97. The van der Waals surface area contributed by atoms with E-state index in [0.29, 0.717) is 12.1 Å². The second-order valence-electron chi connectivity index (χ2n) is 4.37. The molecule has 1 aromatic rings. The van der Waals surface area contributed by atoms with Crippen LogP contribution in [0.1, 0.15) is 26.7 Å². The molecule has 0 spiro atoms. The van der Waals surface area contributed by atoms with Gasteiger partial charge in [0.15, 0.2) is 0 Å². The van der Waals surface area contributed by atoms with Crippen molar-refractivity contribution >= 4 is 11.7 Å². The van der Waals surface area contributed by atoms with Crippen LogP contribution in [0.2, 0.25) is 0 Å². The maximum absolute atomic E-state index is 13.1. The largest absolute Gasteiger partial charge is 0.480 e. The second kappa shape index (κ2) is 5.17. The lowest BCUT2D eigenvalue weighted by atomic mass is 9.94. The normalized spacial score (nSPS) is 14.1. The highest BCUT2D eigenvalue weighted by Gasteiger charge is 2.36. The highest BCUT2D eigenvalue weighted by molar-refractivity contribution is 5.83. The average molecular weight is 239 g/mol. The van der Waals surface area contributed by atoms with Crippen LogP contribution in [-0.2, 0) is 4.79 Å². The first-order valence-electron chi connectivity index (χ1n) is 5.64. The van der Waals surface area contributed by atoms with E-state index in [4.69, 9.17) is 0 Å². The van der Waals surface area contributed by atoms with E-state index in [1.165, 1.54) is 12.1 Å². The predicted octanol–water partition coefficient (Wildman–Crippen LogP) is 2.91. The SMILES string of the molecule is CCCC(C)(C(=O)O)N(C)c1cccc(F)c1. The number of carboxylic acid groups (broad SMARTS) is 1. The highest BCUT2D eigenvalue weighted by Crippen LogP contribution is 2.27. The van der Waals surface area contributed by atoms with Crippen LogP contribution in [-0.4, -0.2) is 23.7 Å². The summed E-state index contributed by atoms with van der Waals surface area (Å²) in [7, 11) is 1.68. The van der Waals surface area contributed by atoms with Crippen molar-refractivity contribution in [2.24, 2.45) is 0 Å². The fourth-order valence-corrected chi connectivity index (χ4v) is 1.87. The lowest BCUT2D eigenvalue weighted by molar-refractivity contribution is -0.143. The Balaban J connectivity index is 3.08. The third-order valence-corrected chi connectivity index (χ3v) is 3.13. The Hall–Kier alpha value is -1.58. The molecule has 1 unspecified atom stereocenters. The summed E-state index contributed by atoms with van der Waals surface area (Å²) < 4.78 is 13.1. The molecule has 1 atom stereocenters. The molecular weight excluding hydrogens is 221 g/mol. The molecule has 0 radical (unpaired) electrons. The number of likely N-dealkylation sites (N-methyl/N-ethyl adjacent to an activating group) is 1. The van der Waals surface area contributed by atoms with Gasteiger partial charge in [0.1, 0.15) is 11.4 Å². The molecule has 1 rings (SSSR count). The minimum Gasteiger partial charge on any atom is -0.480 e. The van der Waals surface area contributed by atoms with Gasteiger partial charge in [-0.3, -0.25) is 0 Å². The van der Waals surface area contributed by atoms with Crippen molar-refractivity contribution in [3.05, 3.63) is 30.1 Å². The molecule has 94 valence electrons. The summed E-state index contributed by atoms with van der Waals surface area (Å²) in [5.74, 6) is -1.26. The lowest BCUT2D eigenvalue weighted by Gasteiger charge is -2.36. The molecule has 1 aromatic carbocycles. The zero-order valence-corrected chi connectivity index (χ0v) is 10.4. The number of hydrogen-bond acceptors (Lipinski definition) is 2. The standard InChI is InChI=1S/C13H18FNO2/c1-4-8-13(2,12(16)17)15(3)11-7-5-6-10(14)9-11/h5-7,9H,4,8H2,1-3H3,(H,16,17). The fraction of sp³-hybridized carbons (Fsp3) is 0.462. The monoisotopic (exact) mass is 239 g/mol. The number of hydrogen-bond donors (Lipinski definition) is 1. The third-order valence-electron chi connectivity index (χ3n) is 3.13. The molecule has 0 heterocycles. The van der Waals surface area contributed by atoms with E-state index in [2.05, 4.69) is 0 Å². The number of nitrogens with zero attached hydrogens (tertiary/aromatic N) is 1. The van der Waals surface area contributed by atoms with E-state index in [0.717, 1.165) is 6.42 Å². The number of carboxylic acids is 1. The minimum absolute atomic E-state index is 0.362. The van der Waals surface area contributed by atoms with E-state index < -0.39 is 11.5 Å². The Bertz CT molecular complexity index is 408. The average Bonchev–Trinajstić information content (AvgIpc) is 2.28. The molecule has 4 heteroatoms. The molecule has 0 aliphatic carbocycles. The predicted molar refractivity (Wildman–Crippen MR) is 65.8 cm³/mol. The summed E-state index contributed by atoms with van der Waals surface area (Å²) in [5, 5.41) is 9.33. The van der Waals surface area contributed by atoms with Crippen molar-refractivity contribution in [1.29, 1.82) is 0 Å². The number of anilines is 1. The van der Waals surface area contributed by atoms with Gasteiger partial charge in [0.2, 0.25) is 0 Å². The van der Waals surface area contributed by atoms with Gasteiger partial charge < -0.3 is 10.0 Å². The molecule has 17 heavy (non-hydrogen) atoms. The van der Waals surface area contributed by atoms with Crippen LogP contribution >= 0.6 is 0 Å². The van der Waals surface area contributed by atoms with E-state index in [1.54, 1.807) is 31.0 Å². The Kier molecular flexibility index (Phi) is 4.10. The van der Waals surface area contributed by atoms with E-state index in [-0.39, 0.29) is 5.82 Å². The van der Waals surface area contributed by atoms with Crippen LogP contribution < -0.4 is 4.90 Å². The van der Waals surface area contributed by atoms with Gasteiger partial charge in [-0.2, -0.15) is 0 Å². The molecule has 0 aliphatic rings. The van der Waals surface area contributed by atoms with Crippen LogP contribution in [0, 0.1) is 5.82 Å². The topological polar surface area (TPSA) is 40.5 Å². The second-order valence-corrected chi connectivity index (χ2v) is 4.37. The van der Waals surface area contributed by atoms with Crippen molar-refractivity contribution in [2.45, 2.75) is 32.2 Å². The number of rotatable bonds is 5. The van der Waals surface area contributed by atoms with E-state index in [1.807, 2.05) is 6.92 Å². The van der Waals surface area contributed by atoms with Gasteiger partial charge >= 0.3 is 5.97 Å². The maximum Gasteiger partial charge on any atom is 0.329 e. The highest BCUT2D eigenvalue weighted by atomic mass is 19.1. The Morgan fingerprint density at radius 2 is 2.18 bits per heavy atom. The van der Waals surface area contributed by atoms with Gasteiger partial charge in [-0.1, -0.05) is 19.4 Å². The van der Waals surface area contributed by atoms with Crippen molar-refractivity contribution in [1.82, 2.24) is 0 Å². The van der Waals surface area contributed by atoms with Crippen molar-refractivity contribution in [2.75, 3.05) is 11.9 Å². The molecule has 0 fully saturated rings. The van der Waals surface area contributed by atoms with Gasteiger partial charge in [-0.05, 0) is 31.5 Å². The number of carbonyl (C=O) groups is 1. The van der Waals surface area contributed by atoms with Crippen molar-refractivity contribution in [3.8, 4) is 0 Å². The molecule has 0 bridgehead atoms.